The summed E-state index contributed by atoms with van der Waals surface area (Å²) in [5.74, 6) is -0.588. The average Bonchev–Trinajstić information content (AvgIpc) is 3.65. The first-order valence-electron chi connectivity index (χ1n) is 13.2. The Labute approximate surface area is 226 Å². The Morgan fingerprint density at radius 3 is 2.24 bits per heavy atom. The number of amides is 3. The fourth-order valence-electron chi connectivity index (χ4n) is 4.28. The van der Waals surface area contributed by atoms with Crippen LogP contribution in [0.5, 0.6) is 0 Å². The molecule has 7 heteroatoms. The van der Waals surface area contributed by atoms with Crippen molar-refractivity contribution in [3.05, 3.63) is 77.9 Å². The van der Waals surface area contributed by atoms with Crippen LogP contribution in [0.15, 0.2) is 61.2 Å². The van der Waals surface area contributed by atoms with Gasteiger partial charge in [0.15, 0.2) is 0 Å². The molecule has 1 aliphatic rings. The number of alkyl carbamates (subject to hydrolysis) is 1. The predicted molar refractivity (Wildman–Crippen MR) is 150 cm³/mol. The average molecular weight is 520 g/mol. The molecule has 1 aliphatic carbocycles. The van der Waals surface area contributed by atoms with E-state index in [-0.39, 0.29) is 24.3 Å². The molecule has 0 bridgehead atoms. The minimum Gasteiger partial charge on any atom is -0.444 e. The predicted octanol–water partition coefficient (Wildman–Crippen LogP) is 5.41. The number of nitrogens with one attached hydrogen (secondary N) is 2. The third-order valence-corrected chi connectivity index (χ3v) is 5.95. The fraction of sp³-hybridized carbons (Fsp3) is 0.452. The van der Waals surface area contributed by atoms with Crippen molar-refractivity contribution in [1.29, 1.82) is 0 Å². The molecule has 2 unspecified atom stereocenters. The summed E-state index contributed by atoms with van der Waals surface area (Å²) in [6.45, 7) is 14.9. The lowest BCUT2D eigenvalue weighted by Gasteiger charge is -2.36. The quantitative estimate of drug-likeness (QED) is 0.464. The molecule has 0 aromatic heterocycles. The molecular weight excluding hydrogens is 478 g/mol. The Balaban J connectivity index is 2.04. The van der Waals surface area contributed by atoms with Crippen molar-refractivity contribution in [1.82, 2.24) is 15.5 Å². The van der Waals surface area contributed by atoms with Gasteiger partial charge in [-0.05, 0) is 77.1 Å². The molecule has 2 aromatic carbocycles. The molecule has 7 nitrogen and oxygen atoms in total. The summed E-state index contributed by atoms with van der Waals surface area (Å²) >= 11 is 0. The van der Waals surface area contributed by atoms with E-state index in [0.29, 0.717) is 5.56 Å². The number of ether oxygens (including phenoxy) is 1. The number of carbonyl (C=O) groups is 3. The molecule has 204 valence electrons. The maximum atomic E-state index is 14.3. The van der Waals surface area contributed by atoms with Crippen LogP contribution in [0.25, 0.3) is 6.08 Å². The normalized spacial score (nSPS) is 15.1. The van der Waals surface area contributed by atoms with E-state index in [2.05, 4.69) is 17.2 Å². The van der Waals surface area contributed by atoms with Crippen LogP contribution in [-0.4, -0.2) is 46.0 Å². The van der Waals surface area contributed by atoms with Crippen molar-refractivity contribution in [3.8, 4) is 0 Å². The van der Waals surface area contributed by atoms with E-state index in [9.17, 15) is 14.4 Å². The summed E-state index contributed by atoms with van der Waals surface area (Å²) in [6.07, 6.45) is 2.88. The molecule has 3 rings (SSSR count). The monoisotopic (exact) mass is 519 g/mol. The van der Waals surface area contributed by atoms with Gasteiger partial charge in [0.05, 0.1) is 0 Å². The molecule has 2 aromatic rings. The third kappa shape index (κ3) is 8.47. The number of hydrogen-bond acceptors (Lipinski definition) is 4. The van der Waals surface area contributed by atoms with Crippen LogP contribution in [-0.2, 0) is 20.7 Å². The van der Waals surface area contributed by atoms with Gasteiger partial charge in [-0.25, -0.2) is 4.79 Å². The number of benzene rings is 2. The summed E-state index contributed by atoms with van der Waals surface area (Å²) < 4.78 is 5.49. The van der Waals surface area contributed by atoms with Crippen LogP contribution in [0.4, 0.5) is 4.79 Å². The maximum absolute atomic E-state index is 14.3. The van der Waals surface area contributed by atoms with Crippen LogP contribution in [0.3, 0.4) is 0 Å². The van der Waals surface area contributed by atoms with Gasteiger partial charge in [0.2, 0.25) is 11.8 Å². The van der Waals surface area contributed by atoms with Gasteiger partial charge >= 0.3 is 6.09 Å². The lowest BCUT2D eigenvalue weighted by molar-refractivity contribution is -0.143. The van der Waals surface area contributed by atoms with Crippen LogP contribution in [0.2, 0.25) is 0 Å². The van der Waals surface area contributed by atoms with Crippen LogP contribution in [0.1, 0.15) is 77.1 Å². The summed E-state index contributed by atoms with van der Waals surface area (Å²) in [4.78, 5) is 42.6. The highest BCUT2D eigenvalue weighted by molar-refractivity contribution is 5.93. The molecule has 0 radical (unpaired) electrons. The Hall–Kier alpha value is -3.61. The van der Waals surface area contributed by atoms with Gasteiger partial charge in [0, 0.05) is 18.0 Å². The van der Waals surface area contributed by atoms with Gasteiger partial charge in [0.25, 0.3) is 0 Å². The summed E-state index contributed by atoms with van der Waals surface area (Å²) in [5, 5.41) is 5.86. The molecular formula is C31H41N3O4. The van der Waals surface area contributed by atoms with Crippen LogP contribution in [0, 0.1) is 0 Å². The van der Waals surface area contributed by atoms with Crippen molar-refractivity contribution >= 4 is 24.0 Å². The Morgan fingerprint density at radius 1 is 1.03 bits per heavy atom. The van der Waals surface area contributed by atoms with Crippen molar-refractivity contribution in [2.75, 3.05) is 0 Å². The van der Waals surface area contributed by atoms with E-state index in [1.807, 2.05) is 75.4 Å². The second kappa shape index (κ2) is 11.8. The summed E-state index contributed by atoms with van der Waals surface area (Å²) in [7, 11) is 0. The van der Waals surface area contributed by atoms with Crippen LogP contribution < -0.4 is 10.6 Å². The van der Waals surface area contributed by atoms with Gasteiger partial charge < -0.3 is 20.3 Å². The Morgan fingerprint density at radius 2 is 1.68 bits per heavy atom. The van der Waals surface area contributed by atoms with Crippen molar-refractivity contribution in [2.45, 2.75) is 90.1 Å². The first-order valence-corrected chi connectivity index (χ1v) is 13.2. The van der Waals surface area contributed by atoms with E-state index in [1.54, 1.807) is 31.7 Å². The molecule has 0 spiro atoms. The zero-order valence-corrected chi connectivity index (χ0v) is 23.4. The summed E-state index contributed by atoms with van der Waals surface area (Å²) in [5.41, 5.74) is 1.22. The topological polar surface area (TPSA) is 87.7 Å². The zero-order valence-electron chi connectivity index (χ0n) is 23.4. The SMILES string of the molecule is C=Cc1cccc(C(C(=O)NC(C)(C)C)N(C(=O)C(Cc2ccccc2)NC(=O)OC(C)(C)C)C2CC2)c1. The van der Waals surface area contributed by atoms with E-state index < -0.39 is 29.3 Å². The smallest absolute Gasteiger partial charge is 0.408 e. The van der Waals surface area contributed by atoms with Gasteiger partial charge in [-0.2, -0.15) is 0 Å². The molecule has 1 saturated carbocycles. The lowest BCUT2D eigenvalue weighted by atomic mass is 9.97. The molecule has 0 heterocycles. The highest BCUT2D eigenvalue weighted by Crippen LogP contribution is 2.36. The van der Waals surface area contributed by atoms with Gasteiger partial charge in [-0.15, -0.1) is 0 Å². The van der Waals surface area contributed by atoms with Crippen molar-refractivity contribution in [2.24, 2.45) is 0 Å². The third-order valence-electron chi connectivity index (χ3n) is 5.95. The first-order chi connectivity index (χ1) is 17.8. The van der Waals surface area contributed by atoms with E-state index in [0.717, 1.165) is 24.0 Å². The molecule has 2 atom stereocenters. The molecule has 1 fully saturated rings. The van der Waals surface area contributed by atoms with Crippen molar-refractivity contribution in [3.63, 3.8) is 0 Å². The van der Waals surface area contributed by atoms with E-state index in [1.165, 1.54) is 0 Å². The number of carbonyl (C=O) groups excluding carboxylic acids is 3. The lowest BCUT2D eigenvalue weighted by Crippen LogP contribution is -2.55. The second-order valence-corrected chi connectivity index (χ2v) is 11.9. The Kier molecular flexibility index (Phi) is 9.02. The first kappa shape index (κ1) is 29.0. The molecule has 2 N–H and O–H groups in total. The standard InChI is InChI=1S/C31H41N3O4/c1-8-21-15-12-16-23(19-21)26(27(35)33-30(2,3)4)34(24-17-18-24)28(36)25(20-22-13-10-9-11-14-22)32-29(37)38-31(5,6)7/h8-16,19,24-26H,1,17-18,20H2,2-7H3,(H,32,37)(H,33,35). The van der Waals surface area contributed by atoms with Crippen molar-refractivity contribution < 1.29 is 19.1 Å². The molecule has 0 aliphatic heterocycles. The number of rotatable bonds is 9. The molecule has 3 amide bonds. The fourth-order valence-corrected chi connectivity index (χ4v) is 4.28. The highest BCUT2D eigenvalue weighted by Gasteiger charge is 2.44. The van der Waals surface area contributed by atoms with Gasteiger partial charge in [-0.1, -0.05) is 61.2 Å². The van der Waals surface area contributed by atoms with E-state index >= 15 is 0 Å². The van der Waals surface area contributed by atoms with Gasteiger partial charge in [0.1, 0.15) is 17.7 Å². The zero-order chi connectivity index (χ0) is 28.1. The van der Waals surface area contributed by atoms with E-state index in [4.69, 9.17) is 4.74 Å². The molecule has 38 heavy (non-hydrogen) atoms. The van der Waals surface area contributed by atoms with Crippen LogP contribution >= 0.6 is 0 Å². The molecule has 0 saturated heterocycles. The maximum Gasteiger partial charge on any atom is 0.408 e. The largest absolute Gasteiger partial charge is 0.444 e. The number of hydrogen-bond donors (Lipinski definition) is 2. The number of nitrogens with zero attached hydrogens (tertiary/aromatic N) is 1. The minimum atomic E-state index is -0.916. The van der Waals surface area contributed by atoms with Gasteiger partial charge in [-0.3, -0.25) is 9.59 Å². The second-order valence-electron chi connectivity index (χ2n) is 11.9. The summed E-state index contributed by atoms with van der Waals surface area (Å²) in [6, 6.07) is 15.1. The Bertz CT molecular complexity index is 1140. The highest BCUT2D eigenvalue weighted by atomic mass is 16.6. The minimum absolute atomic E-state index is 0.107.